The Balaban J connectivity index is 1.97. The number of nitrogens with zero attached hydrogens (tertiary/aromatic N) is 3. The normalized spacial score (nSPS) is 22.8. The first-order valence-electron chi connectivity index (χ1n) is 7.35. The first-order chi connectivity index (χ1) is 9.69. The lowest BCUT2D eigenvalue weighted by Crippen LogP contribution is -2.22. The van der Waals surface area contributed by atoms with Gasteiger partial charge in [-0.25, -0.2) is 4.98 Å². The third-order valence-electron chi connectivity index (χ3n) is 4.61. The van der Waals surface area contributed by atoms with Gasteiger partial charge in [0.25, 0.3) is 0 Å². The standard InChI is InChI=1S/C16H20N4/c1-11-4-2-3-5-13(11)10-20-15-8-12(9-17)6-7-14(15)19-16(20)18/h6-8,11,13H,2-5,10H2,1H3,(H2,18,19). The molecule has 2 unspecified atom stereocenters. The molecule has 2 aromatic rings. The molecule has 2 atom stereocenters. The molecule has 1 aliphatic rings. The van der Waals surface area contributed by atoms with Crippen molar-refractivity contribution in [3.63, 3.8) is 0 Å². The summed E-state index contributed by atoms with van der Waals surface area (Å²) in [6.07, 6.45) is 5.22. The van der Waals surface area contributed by atoms with Crippen molar-refractivity contribution < 1.29 is 0 Å². The second-order valence-corrected chi connectivity index (χ2v) is 5.92. The van der Waals surface area contributed by atoms with Crippen LogP contribution in [0.2, 0.25) is 0 Å². The highest BCUT2D eigenvalue weighted by molar-refractivity contribution is 5.79. The van der Waals surface area contributed by atoms with Crippen molar-refractivity contribution in [2.75, 3.05) is 5.73 Å². The molecule has 4 nitrogen and oxygen atoms in total. The Hall–Kier alpha value is -2.02. The van der Waals surface area contributed by atoms with Crippen LogP contribution in [0.25, 0.3) is 11.0 Å². The zero-order valence-electron chi connectivity index (χ0n) is 11.8. The molecule has 1 aliphatic carbocycles. The third-order valence-corrected chi connectivity index (χ3v) is 4.61. The summed E-state index contributed by atoms with van der Waals surface area (Å²) in [6.45, 7) is 3.25. The second-order valence-electron chi connectivity index (χ2n) is 5.92. The monoisotopic (exact) mass is 268 g/mol. The van der Waals surface area contributed by atoms with E-state index in [4.69, 9.17) is 11.0 Å². The molecule has 0 bridgehead atoms. The first kappa shape index (κ1) is 13.0. The van der Waals surface area contributed by atoms with Crippen LogP contribution in [0.3, 0.4) is 0 Å². The molecule has 0 aliphatic heterocycles. The maximum Gasteiger partial charge on any atom is 0.201 e. The molecule has 1 saturated carbocycles. The minimum Gasteiger partial charge on any atom is -0.369 e. The largest absolute Gasteiger partial charge is 0.369 e. The van der Waals surface area contributed by atoms with Gasteiger partial charge in [0, 0.05) is 6.54 Å². The van der Waals surface area contributed by atoms with Crippen LogP contribution in [0, 0.1) is 23.2 Å². The highest BCUT2D eigenvalue weighted by Crippen LogP contribution is 2.32. The van der Waals surface area contributed by atoms with Crippen molar-refractivity contribution in [1.29, 1.82) is 5.26 Å². The smallest absolute Gasteiger partial charge is 0.201 e. The van der Waals surface area contributed by atoms with Gasteiger partial charge in [-0.15, -0.1) is 0 Å². The summed E-state index contributed by atoms with van der Waals surface area (Å²) < 4.78 is 2.09. The molecule has 104 valence electrons. The number of rotatable bonds is 2. The van der Waals surface area contributed by atoms with Crippen molar-refractivity contribution >= 4 is 17.0 Å². The zero-order valence-corrected chi connectivity index (χ0v) is 11.8. The van der Waals surface area contributed by atoms with Crippen LogP contribution in [0.15, 0.2) is 18.2 Å². The van der Waals surface area contributed by atoms with Gasteiger partial charge in [0.15, 0.2) is 0 Å². The van der Waals surface area contributed by atoms with E-state index in [1.165, 1.54) is 25.7 Å². The van der Waals surface area contributed by atoms with E-state index in [2.05, 4.69) is 22.5 Å². The Kier molecular flexibility index (Phi) is 3.35. The Morgan fingerprint density at radius 2 is 2.20 bits per heavy atom. The Morgan fingerprint density at radius 1 is 1.40 bits per heavy atom. The fourth-order valence-electron chi connectivity index (χ4n) is 3.30. The number of nitriles is 1. The lowest BCUT2D eigenvalue weighted by molar-refractivity contribution is 0.231. The third kappa shape index (κ3) is 2.24. The molecule has 2 N–H and O–H groups in total. The van der Waals surface area contributed by atoms with Crippen LogP contribution < -0.4 is 5.73 Å². The number of nitrogens with two attached hydrogens (primary N) is 1. The zero-order chi connectivity index (χ0) is 14.1. The van der Waals surface area contributed by atoms with Crippen molar-refractivity contribution in [1.82, 2.24) is 9.55 Å². The van der Waals surface area contributed by atoms with Crippen LogP contribution in [-0.4, -0.2) is 9.55 Å². The molecule has 20 heavy (non-hydrogen) atoms. The topological polar surface area (TPSA) is 67.6 Å². The van der Waals surface area contributed by atoms with Gasteiger partial charge in [0.1, 0.15) is 0 Å². The van der Waals surface area contributed by atoms with E-state index < -0.39 is 0 Å². The molecular weight excluding hydrogens is 248 g/mol. The molecule has 0 amide bonds. The van der Waals surface area contributed by atoms with Gasteiger partial charge in [-0.05, 0) is 36.5 Å². The lowest BCUT2D eigenvalue weighted by atomic mass is 9.80. The fourth-order valence-corrected chi connectivity index (χ4v) is 3.30. The van der Waals surface area contributed by atoms with Gasteiger partial charge >= 0.3 is 0 Å². The molecule has 4 heteroatoms. The minimum atomic E-state index is 0.563. The quantitative estimate of drug-likeness (QED) is 0.908. The molecule has 0 spiro atoms. The number of hydrogen-bond acceptors (Lipinski definition) is 3. The molecule has 0 radical (unpaired) electrons. The van der Waals surface area contributed by atoms with Crippen molar-refractivity contribution in [2.45, 2.75) is 39.2 Å². The molecule has 1 aromatic carbocycles. The lowest BCUT2D eigenvalue weighted by Gasteiger charge is -2.29. The summed E-state index contributed by atoms with van der Waals surface area (Å²) in [4.78, 5) is 4.41. The average Bonchev–Trinajstić information content (AvgIpc) is 2.77. The predicted octanol–water partition coefficient (Wildman–Crippen LogP) is 3.32. The number of fused-ring (bicyclic) bond motifs is 1. The van der Waals surface area contributed by atoms with Crippen LogP contribution in [0.1, 0.15) is 38.2 Å². The summed E-state index contributed by atoms with van der Waals surface area (Å²) in [5, 5.41) is 9.05. The Bertz CT molecular complexity index is 665. The maximum atomic E-state index is 9.05. The van der Waals surface area contributed by atoms with Crippen LogP contribution >= 0.6 is 0 Å². The maximum absolute atomic E-state index is 9.05. The predicted molar refractivity (Wildman–Crippen MR) is 80.0 cm³/mol. The summed E-state index contributed by atoms with van der Waals surface area (Å²) in [6, 6.07) is 7.76. The second kappa shape index (κ2) is 5.16. The van der Waals surface area contributed by atoms with E-state index >= 15 is 0 Å². The van der Waals surface area contributed by atoms with E-state index in [-0.39, 0.29) is 0 Å². The molecule has 3 rings (SSSR count). The van der Waals surface area contributed by atoms with Gasteiger partial charge in [-0.1, -0.05) is 26.2 Å². The van der Waals surface area contributed by atoms with E-state index in [0.717, 1.165) is 23.5 Å². The van der Waals surface area contributed by atoms with Gasteiger partial charge in [-0.3, -0.25) is 0 Å². The Labute approximate surface area is 119 Å². The van der Waals surface area contributed by atoms with Crippen LogP contribution in [0.5, 0.6) is 0 Å². The van der Waals surface area contributed by atoms with Gasteiger partial charge in [-0.2, -0.15) is 5.26 Å². The van der Waals surface area contributed by atoms with E-state index in [9.17, 15) is 0 Å². The summed E-state index contributed by atoms with van der Waals surface area (Å²) >= 11 is 0. The van der Waals surface area contributed by atoms with Gasteiger partial charge in [0.2, 0.25) is 5.95 Å². The van der Waals surface area contributed by atoms with Crippen molar-refractivity contribution in [3.05, 3.63) is 23.8 Å². The van der Waals surface area contributed by atoms with Gasteiger partial charge < -0.3 is 10.3 Å². The van der Waals surface area contributed by atoms with E-state index in [1.54, 1.807) is 6.07 Å². The number of imidazole rings is 1. The number of hydrogen-bond donors (Lipinski definition) is 1. The molecule has 1 aromatic heterocycles. The number of anilines is 1. The van der Waals surface area contributed by atoms with Crippen LogP contribution in [0.4, 0.5) is 5.95 Å². The molecular formula is C16H20N4. The summed E-state index contributed by atoms with van der Waals surface area (Å²) in [5.41, 5.74) is 8.60. The van der Waals surface area contributed by atoms with Crippen molar-refractivity contribution in [3.8, 4) is 6.07 Å². The Morgan fingerprint density at radius 3 is 2.95 bits per heavy atom. The number of nitrogen functional groups attached to an aromatic ring is 1. The molecule has 1 heterocycles. The van der Waals surface area contributed by atoms with Crippen molar-refractivity contribution in [2.24, 2.45) is 11.8 Å². The summed E-state index contributed by atoms with van der Waals surface area (Å²) in [5.74, 6) is 1.96. The average molecular weight is 268 g/mol. The fraction of sp³-hybridized carbons (Fsp3) is 0.500. The molecule has 1 fully saturated rings. The molecule has 0 saturated heterocycles. The van der Waals surface area contributed by atoms with Gasteiger partial charge in [0.05, 0.1) is 22.7 Å². The SMILES string of the molecule is CC1CCCCC1Cn1c(N)nc2ccc(C#N)cc21. The minimum absolute atomic E-state index is 0.563. The highest BCUT2D eigenvalue weighted by atomic mass is 15.2. The highest BCUT2D eigenvalue weighted by Gasteiger charge is 2.23. The summed E-state index contributed by atoms with van der Waals surface area (Å²) in [7, 11) is 0. The van der Waals surface area contributed by atoms with E-state index in [0.29, 0.717) is 17.4 Å². The van der Waals surface area contributed by atoms with Crippen LogP contribution in [-0.2, 0) is 6.54 Å². The van der Waals surface area contributed by atoms with E-state index in [1.807, 2.05) is 12.1 Å². The number of benzene rings is 1. The first-order valence-corrected chi connectivity index (χ1v) is 7.35. The number of aromatic nitrogens is 2.